The molecule has 4 rings (SSSR count). The SMILES string of the molecule is C[C@@H](OC(=O)CCN1c2ccccc2Sc2ccccc21)C(=O)NC1CCCC1. The largest absolute Gasteiger partial charge is 0.452 e. The summed E-state index contributed by atoms with van der Waals surface area (Å²) in [5, 5.41) is 2.99. The van der Waals surface area contributed by atoms with Crippen molar-refractivity contribution < 1.29 is 14.3 Å². The van der Waals surface area contributed by atoms with Crippen LogP contribution in [-0.4, -0.2) is 30.6 Å². The monoisotopic (exact) mass is 410 g/mol. The highest BCUT2D eigenvalue weighted by atomic mass is 32.2. The molecule has 29 heavy (non-hydrogen) atoms. The van der Waals surface area contributed by atoms with Gasteiger partial charge in [0.25, 0.3) is 5.91 Å². The number of esters is 1. The van der Waals surface area contributed by atoms with E-state index in [1.54, 1.807) is 18.7 Å². The van der Waals surface area contributed by atoms with E-state index in [0.717, 1.165) is 37.1 Å². The van der Waals surface area contributed by atoms with Crippen molar-refractivity contribution in [2.24, 2.45) is 0 Å². The molecule has 0 unspecified atom stereocenters. The van der Waals surface area contributed by atoms with Crippen molar-refractivity contribution in [3.63, 3.8) is 0 Å². The van der Waals surface area contributed by atoms with Crippen molar-refractivity contribution in [1.82, 2.24) is 5.32 Å². The van der Waals surface area contributed by atoms with Gasteiger partial charge in [-0.05, 0) is 44.0 Å². The first-order valence-corrected chi connectivity index (χ1v) is 11.1. The van der Waals surface area contributed by atoms with E-state index in [9.17, 15) is 9.59 Å². The zero-order chi connectivity index (χ0) is 20.2. The van der Waals surface area contributed by atoms with E-state index >= 15 is 0 Å². The molecule has 1 aliphatic carbocycles. The van der Waals surface area contributed by atoms with Crippen LogP contribution < -0.4 is 10.2 Å². The third-order valence-corrected chi connectivity index (χ3v) is 6.58. The molecule has 1 fully saturated rings. The third-order valence-electron chi connectivity index (χ3n) is 5.45. The van der Waals surface area contributed by atoms with Gasteiger partial charge in [0, 0.05) is 22.4 Å². The van der Waals surface area contributed by atoms with Crippen LogP contribution in [0.5, 0.6) is 0 Å². The van der Waals surface area contributed by atoms with Crippen LogP contribution in [0, 0.1) is 0 Å². The second kappa shape index (κ2) is 8.91. The summed E-state index contributed by atoms with van der Waals surface area (Å²) in [6, 6.07) is 16.6. The van der Waals surface area contributed by atoms with Gasteiger partial charge in [-0.15, -0.1) is 0 Å². The molecular formula is C23H26N2O3S. The molecule has 1 aliphatic heterocycles. The van der Waals surface area contributed by atoms with Crippen LogP contribution >= 0.6 is 11.8 Å². The van der Waals surface area contributed by atoms with Crippen LogP contribution in [0.3, 0.4) is 0 Å². The Balaban J connectivity index is 1.37. The van der Waals surface area contributed by atoms with Gasteiger partial charge >= 0.3 is 5.97 Å². The van der Waals surface area contributed by atoms with Gasteiger partial charge in [0.2, 0.25) is 0 Å². The summed E-state index contributed by atoms with van der Waals surface area (Å²) >= 11 is 1.74. The molecule has 1 amide bonds. The first-order valence-electron chi connectivity index (χ1n) is 10.2. The Morgan fingerprint density at radius 2 is 1.66 bits per heavy atom. The Labute approximate surface area is 175 Å². The lowest BCUT2D eigenvalue weighted by Crippen LogP contribution is -2.41. The molecule has 1 atom stereocenters. The quantitative estimate of drug-likeness (QED) is 0.702. The Hall–Kier alpha value is -2.47. The van der Waals surface area contributed by atoms with Crippen molar-refractivity contribution in [3.8, 4) is 0 Å². The number of nitrogens with zero attached hydrogens (tertiary/aromatic N) is 1. The first kappa shape index (κ1) is 19.8. The number of amides is 1. The van der Waals surface area contributed by atoms with E-state index < -0.39 is 6.10 Å². The van der Waals surface area contributed by atoms with E-state index in [2.05, 4.69) is 34.5 Å². The average molecular weight is 411 g/mol. The number of rotatable bonds is 6. The second-order valence-electron chi connectivity index (χ2n) is 7.56. The number of fused-ring (bicyclic) bond motifs is 2. The van der Waals surface area contributed by atoms with Crippen LogP contribution in [0.1, 0.15) is 39.0 Å². The van der Waals surface area contributed by atoms with Gasteiger partial charge in [-0.2, -0.15) is 0 Å². The van der Waals surface area contributed by atoms with Gasteiger partial charge in [0.05, 0.1) is 17.8 Å². The van der Waals surface area contributed by atoms with Gasteiger partial charge in [0.1, 0.15) is 0 Å². The highest BCUT2D eigenvalue weighted by Crippen LogP contribution is 2.47. The van der Waals surface area contributed by atoms with Gasteiger partial charge in [0.15, 0.2) is 6.10 Å². The fraction of sp³-hybridized carbons (Fsp3) is 0.391. The molecule has 2 aromatic carbocycles. The zero-order valence-electron chi connectivity index (χ0n) is 16.6. The van der Waals surface area contributed by atoms with E-state index in [1.807, 2.05) is 24.3 Å². The fourth-order valence-electron chi connectivity index (χ4n) is 3.92. The maximum atomic E-state index is 12.4. The average Bonchev–Trinajstić information content (AvgIpc) is 3.24. The molecule has 0 radical (unpaired) electrons. The normalized spacial score (nSPS) is 16.7. The topological polar surface area (TPSA) is 58.6 Å². The van der Waals surface area contributed by atoms with E-state index in [4.69, 9.17) is 4.74 Å². The molecule has 152 valence electrons. The minimum absolute atomic E-state index is 0.199. The standard InChI is InChI=1S/C23H26N2O3S/c1-16(23(27)24-17-8-2-3-9-17)28-22(26)14-15-25-18-10-4-6-12-20(18)29-21-13-7-5-11-19(21)25/h4-7,10-13,16-17H,2-3,8-9,14-15H2,1H3,(H,24,27)/t16-/m1/s1. The number of carbonyl (C=O) groups excluding carboxylic acids is 2. The maximum absolute atomic E-state index is 12.4. The van der Waals surface area contributed by atoms with Gasteiger partial charge in [-0.25, -0.2) is 0 Å². The van der Waals surface area contributed by atoms with Crippen molar-refractivity contribution in [1.29, 1.82) is 0 Å². The maximum Gasteiger partial charge on any atom is 0.308 e. The molecule has 2 aliphatic rings. The summed E-state index contributed by atoms with van der Waals surface area (Å²) in [5.41, 5.74) is 2.19. The van der Waals surface area contributed by atoms with Crippen LogP contribution in [0.4, 0.5) is 11.4 Å². The molecule has 2 aromatic rings. The van der Waals surface area contributed by atoms with E-state index in [-0.39, 0.29) is 24.3 Å². The van der Waals surface area contributed by atoms with Crippen molar-refractivity contribution in [2.75, 3.05) is 11.4 Å². The highest BCUT2D eigenvalue weighted by molar-refractivity contribution is 7.99. The number of nitrogens with one attached hydrogen (secondary N) is 1. The van der Waals surface area contributed by atoms with Crippen LogP contribution in [-0.2, 0) is 14.3 Å². The fourth-order valence-corrected chi connectivity index (χ4v) is 5.02. The van der Waals surface area contributed by atoms with Crippen molar-refractivity contribution >= 4 is 35.0 Å². The second-order valence-corrected chi connectivity index (χ2v) is 8.64. The predicted octanol–water partition coefficient (Wildman–Crippen LogP) is 4.67. The summed E-state index contributed by atoms with van der Waals surface area (Å²) in [5.74, 6) is -0.553. The number of para-hydroxylation sites is 2. The molecule has 1 heterocycles. The van der Waals surface area contributed by atoms with Crippen LogP contribution in [0.25, 0.3) is 0 Å². The first-order chi connectivity index (χ1) is 14.1. The number of benzene rings is 2. The molecule has 0 spiro atoms. The molecule has 1 saturated carbocycles. The molecule has 0 saturated heterocycles. The van der Waals surface area contributed by atoms with Gasteiger partial charge < -0.3 is 15.0 Å². The summed E-state index contributed by atoms with van der Waals surface area (Å²) < 4.78 is 5.41. The summed E-state index contributed by atoms with van der Waals surface area (Å²) in [6.07, 6.45) is 3.77. The zero-order valence-corrected chi connectivity index (χ0v) is 17.4. The van der Waals surface area contributed by atoms with E-state index in [0.29, 0.717) is 6.54 Å². The van der Waals surface area contributed by atoms with Crippen LogP contribution in [0.15, 0.2) is 58.3 Å². The number of hydrogen-bond acceptors (Lipinski definition) is 5. The summed E-state index contributed by atoms with van der Waals surface area (Å²) in [6.45, 7) is 2.15. The van der Waals surface area contributed by atoms with Crippen molar-refractivity contribution in [3.05, 3.63) is 48.5 Å². The predicted molar refractivity (Wildman–Crippen MR) is 115 cm³/mol. The lowest BCUT2D eigenvalue weighted by atomic mass is 10.2. The lowest BCUT2D eigenvalue weighted by molar-refractivity contribution is -0.154. The minimum Gasteiger partial charge on any atom is -0.452 e. The minimum atomic E-state index is -0.764. The van der Waals surface area contributed by atoms with E-state index in [1.165, 1.54) is 9.79 Å². The van der Waals surface area contributed by atoms with Crippen LogP contribution in [0.2, 0.25) is 0 Å². The Kier molecular flexibility index (Phi) is 6.09. The Morgan fingerprint density at radius 3 is 2.28 bits per heavy atom. The number of anilines is 2. The lowest BCUT2D eigenvalue weighted by Gasteiger charge is -2.32. The Morgan fingerprint density at radius 1 is 1.07 bits per heavy atom. The van der Waals surface area contributed by atoms with Gasteiger partial charge in [-0.1, -0.05) is 48.9 Å². The number of carbonyl (C=O) groups is 2. The molecule has 0 aromatic heterocycles. The molecule has 5 nitrogen and oxygen atoms in total. The molecule has 6 heteroatoms. The summed E-state index contributed by atoms with van der Waals surface area (Å²) in [4.78, 5) is 29.2. The molecule has 1 N–H and O–H groups in total. The third kappa shape index (κ3) is 4.58. The van der Waals surface area contributed by atoms with Crippen molar-refractivity contribution in [2.45, 2.75) is 61.0 Å². The number of ether oxygens (including phenoxy) is 1. The smallest absolute Gasteiger partial charge is 0.308 e. The number of hydrogen-bond donors (Lipinski definition) is 1. The Bertz CT molecular complexity index is 850. The summed E-state index contributed by atoms with van der Waals surface area (Å²) in [7, 11) is 0. The molecular weight excluding hydrogens is 384 g/mol. The van der Waals surface area contributed by atoms with Gasteiger partial charge in [-0.3, -0.25) is 9.59 Å². The molecule has 0 bridgehead atoms. The highest BCUT2D eigenvalue weighted by Gasteiger charge is 2.25.